The molecule has 2 aromatic carbocycles. The van der Waals surface area contributed by atoms with Crippen molar-refractivity contribution in [1.82, 2.24) is 0 Å². The van der Waals surface area contributed by atoms with Gasteiger partial charge in [0.05, 0.1) is 13.2 Å². The number of halogens is 1. The smallest absolute Gasteiger partial charge is 0.255 e. The van der Waals surface area contributed by atoms with Crippen molar-refractivity contribution in [2.24, 2.45) is 0 Å². The van der Waals surface area contributed by atoms with E-state index in [-0.39, 0.29) is 11.7 Å². The van der Waals surface area contributed by atoms with Gasteiger partial charge in [-0.25, -0.2) is 4.39 Å². The second-order valence-electron chi connectivity index (χ2n) is 6.79. The van der Waals surface area contributed by atoms with Gasteiger partial charge in [-0.05, 0) is 62.6 Å². The summed E-state index contributed by atoms with van der Waals surface area (Å²) in [6, 6.07) is 9.73. The van der Waals surface area contributed by atoms with Crippen LogP contribution in [0, 0.1) is 5.82 Å². The minimum atomic E-state index is -0.363. The summed E-state index contributed by atoms with van der Waals surface area (Å²) in [4.78, 5) is 14.8. The van der Waals surface area contributed by atoms with Gasteiger partial charge in [-0.3, -0.25) is 4.79 Å². The third-order valence-corrected chi connectivity index (χ3v) is 4.58. The highest BCUT2D eigenvalue weighted by Gasteiger charge is 2.16. The van der Waals surface area contributed by atoms with Crippen LogP contribution in [0.4, 0.5) is 15.8 Å². The fourth-order valence-electron chi connectivity index (χ4n) is 3.26. The number of ether oxygens (including phenoxy) is 2. The van der Waals surface area contributed by atoms with Gasteiger partial charge in [-0.1, -0.05) is 6.92 Å². The van der Waals surface area contributed by atoms with Gasteiger partial charge >= 0.3 is 0 Å². The summed E-state index contributed by atoms with van der Waals surface area (Å²) >= 11 is 0. The fraction of sp³-hybridized carbons (Fsp3) is 0.409. The molecule has 0 saturated carbocycles. The van der Waals surface area contributed by atoms with E-state index in [1.807, 2.05) is 19.9 Å². The first-order valence-corrected chi connectivity index (χ1v) is 9.87. The zero-order valence-corrected chi connectivity index (χ0v) is 16.5. The molecule has 150 valence electrons. The van der Waals surface area contributed by atoms with Gasteiger partial charge in [-0.2, -0.15) is 0 Å². The molecule has 0 bridgehead atoms. The Hall–Kier alpha value is -2.76. The molecule has 1 fully saturated rings. The van der Waals surface area contributed by atoms with E-state index in [0.29, 0.717) is 36.0 Å². The Morgan fingerprint density at radius 2 is 1.86 bits per heavy atom. The average molecular weight is 386 g/mol. The van der Waals surface area contributed by atoms with Crippen molar-refractivity contribution >= 4 is 17.3 Å². The first-order chi connectivity index (χ1) is 13.6. The third kappa shape index (κ3) is 4.94. The highest BCUT2D eigenvalue weighted by molar-refractivity contribution is 6.04. The highest BCUT2D eigenvalue weighted by Crippen LogP contribution is 2.30. The monoisotopic (exact) mass is 386 g/mol. The Kier molecular flexibility index (Phi) is 6.74. The number of hydrogen-bond donors (Lipinski definition) is 1. The molecule has 0 spiro atoms. The molecule has 0 aliphatic carbocycles. The standard InChI is InChI=1S/C22H27FN2O3/c1-3-11-28-20-8-7-16(12-21(20)27-4-2)22(26)24-18-13-17(23)14-19(15-18)25-9-5-6-10-25/h7-8,12-15H,3-6,9-11H2,1-2H3,(H,24,26). The summed E-state index contributed by atoms with van der Waals surface area (Å²) in [5.74, 6) is 0.460. The lowest BCUT2D eigenvalue weighted by Crippen LogP contribution is -2.18. The minimum Gasteiger partial charge on any atom is -0.490 e. The topological polar surface area (TPSA) is 50.8 Å². The predicted octanol–water partition coefficient (Wildman–Crippen LogP) is 4.87. The SMILES string of the molecule is CCCOc1ccc(C(=O)Nc2cc(F)cc(N3CCCC3)c2)cc1OCC. The van der Waals surface area contributed by atoms with E-state index in [0.717, 1.165) is 38.0 Å². The maximum atomic E-state index is 14.1. The molecule has 0 unspecified atom stereocenters. The van der Waals surface area contributed by atoms with Gasteiger partial charge in [0.1, 0.15) is 5.82 Å². The van der Waals surface area contributed by atoms with Crippen molar-refractivity contribution in [3.63, 3.8) is 0 Å². The van der Waals surface area contributed by atoms with Crippen LogP contribution in [0.3, 0.4) is 0 Å². The van der Waals surface area contributed by atoms with E-state index in [9.17, 15) is 9.18 Å². The lowest BCUT2D eigenvalue weighted by Gasteiger charge is -2.19. The van der Waals surface area contributed by atoms with Crippen LogP contribution in [0.15, 0.2) is 36.4 Å². The molecule has 0 atom stereocenters. The summed E-state index contributed by atoms with van der Waals surface area (Å²) in [5, 5.41) is 2.79. The average Bonchev–Trinajstić information content (AvgIpc) is 3.21. The van der Waals surface area contributed by atoms with Gasteiger partial charge < -0.3 is 19.7 Å². The van der Waals surface area contributed by atoms with Gasteiger partial charge in [0.25, 0.3) is 5.91 Å². The van der Waals surface area contributed by atoms with Crippen LogP contribution < -0.4 is 19.7 Å². The summed E-state index contributed by atoms with van der Waals surface area (Å²) in [5.41, 5.74) is 1.67. The first-order valence-electron chi connectivity index (χ1n) is 9.87. The molecule has 6 heteroatoms. The van der Waals surface area contributed by atoms with E-state index < -0.39 is 0 Å². The van der Waals surface area contributed by atoms with Gasteiger partial charge in [0.2, 0.25) is 0 Å². The molecule has 28 heavy (non-hydrogen) atoms. The summed E-state index contributed by atoms with van der Waals surface area (Å²) in [6.45, 7) is 6.77. The summed E-state index contributed by atoms with van der Waals surface area (Å²) in [6.07, 6.45) is 3.09. The lowest BCUT2D eigenvalue weighted by atomic mass is 10.1. The van der Waals surface area contributed by atoms with Crippen molar-refractivity contribution in [3.05, 3.63) is 47.8 Å². The van der Waals surface area contributed by atoms with Crippen molar-refractivity contribution in [2.45, 2.75) is 33.1 Å². The Morgan fingerprint density at radius 3 is 2.57 bits per heavy atom. The number of amides is 1. The molecule has 1 N–H and O–H groups in total. The van der Waals surface area contributed by atoms with Crippen LogP contribution >= 0.6 is 0 Å². The minimum absolute atomic E-state index is 0.319. The Labute approximate surface area is 165 Å². The number of anilines is 2. The molecule has 1 heterocycles. The number of rotatable bonds is 8. The molecule has 1 saturated heterocycles. The van der Waals surface area contributed by atoms with E-state index in [1.54, 1.807) is 18.2 Å². The van der Waals surface area contributed by atoms with Gasteiger partial charge in [-0.15, -0.1) is 0 Å². The largest absolute Gasteiger partial charge is 0.490 e. The Morgan fingerprint density at radius 1 is 1.07 bits per heavy atom. The van der Waals surface area contributed by atoms with Crippen LogP contribution in [0.2, 0.25) is 0 Å². The maximum Gasteiger partial charge on any atom is 0.255 e. The molecule has 1 amide bonds. The van der Waals surface area contributed by atoms with Crippen molar-refractivity contribution in [2.75, 3.05) is 36.5 Å². The summed E-state index contributed by atoms with van der Waals surface area (Å²) in [7, 11) is 0. The van der Waals surface area contributed by atoms with Crippen LogP contribution in [-0.4, -0.2) is 32.2 Å². The number of hydrogen-bond acceptors (Lipinski definition) is 4. The third-order valence-electron chi connectivity index (χ3n) is 4.58. The van der Waals surface area contributed by atoms with E-state index in [2.05, 4.69) is 10.2 Å². The van der Waals surface area contributed by atoms with Crippen LogP contribution in [-0.2, 0) is 0 Å². The number of nitrogens with one attached hydrogen (secondary N) is 1. The fourth-order valence-corrected chi connectivity index (χ4v) is 3.26. The van der Waals surface area contributed by atoms with Gasteiger partial charge in [0.15, 0.2) is 11.5 Å². The molecule has 3 rings (SSSR count). The van der Waals surface area contributed by atoms with Gasteiger partial charge in [0, 0.05) is 30.0 Å². The van der Waals surface area contributed by atoms with Crippen molar-refractivity contribution < 1.29 is 18.7 Å². The molecular formula is C22H27FN2O3. The second kappa shape index (κ2) is 9.44. The quantitative estimate of drug-likeness (QED) is 0.704. The Bertz CT molecular complexity index is 819. The van der Waals surface area contributed by atoms with E-state index in [4.69, 9.17) is 9.47 Å². The van der Waals surface area contributed by atoms with Crippen LogP contribution in [0.1, 0.15) is 43.5 Å². The van der Waals surface area contributed by atoms with Crippen molar-refractivity contribution in [1.29, 1.82) is 0 Å². The maximum absolute atomic E-state index is 14.1. The zero-order chi connectivity index (χ0) is 19.9. The number of nitrogens with zero attached hydrogens (tertiary/aromatic N) is 1. The number of benzene rings is 2. The van der Waals surface area contributed by atoms with E-state index in [1.165, 1.54) is 12.1 Å². The molecule has 1 aliphatic heterocycles. The lowest BCUT2D eigenvalue weighted by molar-refractivity contribution is 0.102. The second-order valence-corrected chi connectivity index (χ2v) is 6.79. The molecule has 0 aromatic heterocycles. The molecular weight excluding hydrogens is 359 g/mol. The number of carbonyl (C=O) groups is 1. The predicted molar refractivity (Wildman–Crippen MR) is 109 cm³/mol. The zero-order valence-electron chi connectivity index (χ0n) is 16.5. The normalized spacial score (nSPS) is 13.5. The van der Waals surface area contributed by atoms with Crippen molar-refractivity contribution in [3.8, 4) is 11.5 Å². The Balaban J connectivity index is 1.77. The molecule has 5 nitrogen and oxygen atoms in total. The van der Waals surface area contributed by atoms with Crippen LogP contribution in [0.25, 0.3) is 0 Å². The van der Waals surface area contributed by atoms with E-state index >= 15 is 0 Å². The molecule has 2 aromatic rings. The first kappa shape index (κ1) is 20.0. The highest BCUT2D eigenvalue weighted by atomic mass is 19.1. The molecule has 0 radical (unpaired) electrons. The molecule has 1 aliphatic rings. The van der Waals surface area contributed by atoms with Crippen LogP contribution in [0.5, 0.6) is 11.5 Å². The number of carbonyl (C=O) groups excluding carboxylic acids is 1. The summed E-state index contributed by atoms with van der Waals surface area (Å²) < 4.78 is 25.3.